The second kappa shape index (κ2) is 11.3. The van der Waals surface area contributed by atoms with Gasteiger partial charge in [-0.15, -0.1) is 0 Å². The molecular formula is C23H26N8O2S. The summed E-state index contributed by atoms with van der Waals surface area (Å²) in [5.74, 6) is 0.534. The zero-order chi connectivity index (χ0) is 23.2. The molecule has 0 unspecified atom stereocenters. The zero-order valence-corrected chi connectivity index (χ0v) is 20.1. The van der Waals surface area contributed by atoms with Gasteiger partial charge in [0.1, 0.15) is 24.2 Å². The fourth-order valence-corrected chi connectivity index (χ4v) is 3.44. The number of benzene rings is 1. The molecule has 34 heavy (non-hydrogen) atoms. The molecular weight excluding hydrogens is 452 g/mol. The molecule has 10 nitrogen and oxygen atoms in total. The van der Waals surface area contributed by atoms with Crippen molar-refractivity contribution >= 4 is 36.1 Å². The molecule has 0 saturated heterocycles. The Morgan fingerprint density at radius 3 is 2.56 bits per heavy atom. The van der Waals surface area contributed by atoms with Crippen molar-refractivity contribution in [2.45, 2.75) is 19.8 Å². The van der Waals surface area contributed by atoms with Crippen LogP contribution >= 0.6 is 13.5 Å². The minimum atomic E-state index is -0.239. The first-order valence-corrected chi connectivity index (χ1v) is 10.6. The number of amides is 1. The summed E-state index contributed by atoms with van der Waals surface area (Å²) in [6, 6.07) is 7.97. The quantitative estimate of drug-likeness (QED) is 0.393. The van der Waals surface area contributed by atoms with E-state index in [1.165, 1.54) is 12.7 Å². The van der Waals surface area contributed by atoms with Crippen LogP contribution in [0.3, 0.4) is 0 Å². The van der Waals surface area contributed by atoms with Gasteiger partial charge < -0.3 is 15.4 Å². The van der Waals surface area contributed by atoms with Gasteiger partial charge in [-0.25, -0.2) is 29.9 Å². The van der Waals surface area contributed by atoms with Crippen molar-refractivity contribution in [2.75, 3.05) is 25.5 Å². The maximum absolute atomic E-state index is 12.2. The van der Waals surface area contributed by atoms with E-state index in [1.807, 2.05) is 31.2 Å². The number of carbonyl (C=O) groups excluding carboxylic acids is 1. The van der Waals surface area contributed by atoms with Crippen molar-refractivity contribution in [1.82, 2.24) is 35.2 Å². The Balaban J connectivity index is 0.00000324. The van der Waals surface area contributed by atoms with Gasteiger partial charge in [0, 0.05) is 48.9 Å². The van der Waals surface area contributed by atoms with Crippen molar-refractivity contribution in [1.29, 1.82) is 0 Å². The van der Waals surface area contributed by atoms with E-state index in [0.29, 0.717) is 36.4 Å². The highest BCUT2D eigenvalue weighted by molar-refractivity contribution is 7.59. The molecule has 0 bridgehead atoms. The third-order valence-electron chi connectivity index (χ3n) is 5.12. The van der Waals surface area contributed by atoms with Crippen LogP contribution in [0.2, 0.25) is 0 Å². The van der Waals surface area contributed by atoms with Gasteiger partial charge >= 0.3 is 6.01 Å². The van der Waals surface area contributed by atoms with Gasteiger partial charge in [-0.3, -0.25) is 4.79 Å². The highest BCUT2D eigenvalue weighted by Crippen LogP contribution is 2.26. The smallest absolute Gasteiger partial charge is 0.316 e. The Morgan fingerprint density at radius 2 is 1.82 bits per heavy atom. The molecule has 11 heteroatoms. The lowest BCUT2D eigenvalue weighted by molar-refractivity contribution is 0.0960. The molecule has 1 aromatic carbocycles. The summed E-state index contributed by atoms with van der Waals surface area (Å²) in [6.45, 7) is 5.09. The molecule has 2 N–H and O–H groups in total. The molecule has 176 valence electrons. The SMILES string of the molecule is CCOc1ncc(-c2cc(NC[C@@H](C)c3cccc4c(C(=O)NC)ncnc34)ncn2)cn1.S. The van der Waals surface area contributed by atoms with Crippen molar-refractivity contribution in [2.24, 2.45) is 0 Å². The van der Waals surface area contributed by atoms with Crippen LogP contribution in [0.25, 0.3) is 22.2 Å². The predicted molar refractivity (Wildman–Crippen MR) is 134 cm³/mol. The molecule has 4 aromatic rings. The summed E-state index contributed by atoms with van der Waals surface area (Å²) >= 11 is 0. The van der Waals surface area contributed by atoms with E-state index < -0.39 is 0 Å². The predicted octanol–water partition coefficient (Wildman–Crippen LogP) is 2.96. The van der Waals surface area contributed by atoms with Gasteiger partial charge in [0.2, 0.25) is 0 Å². The lowest BCUT2D eigenvalue weighted by atomic mass is 9.97. The third kappa shape index (κ3) is 5.37. The average Bonchev–Trinajstić information content (AvgIpc) is 2.87. The maximum Gasteiger partial charge on any atom is 0.316 e. The maximum atomic E-state index is 12.2. The summed E-state index contributed by atoms with van der Waals surface area (Å²) in [7, 11) is 1.59. The molecule has 0 radical (unpaired) electrons. The van der Waals surface area contributed by atoms with Crippen molar-refractivity contribution < 1.29 is 9.53 Å². The molecule has 4 rings (SSSR count). The summed E-state index contributed by atoms with van der Waals surface area (Å²) in [5.41, 5.74) is 3.61. The molecule has 0 aliphatic carbocycles. The number of para-hydroxylation sites is 1. The van der Waals surface area contributed by atoms with Gasteiger partial charge in [-0.05, 0) is 12.5 Å². The lowest BCUT2D eigenvalue weighted by Crippen LogP contribution is -2.20. The second-order valence-electron chi connectivity index (χ2n) is 7.30. The van der Waals surface area contributed by atoms with Crippen molar-refractivity contribution in [3.63, 3.8) is 0 Å². The van der Waals surface area contributed by atoms with E-state index in [0.717, 1.165) is 22.0 Å². The fourth-order valence-electron chi connectivity index (χ4n) is 3.44. The highest BCUT2D eigenvalue weighted by atomic mass is 32.1. The van der Waals surface area contributed by atoms with Gasteiger partial charge in [0.05, 0.1) is 17.8 Å². The van der Waals surface area contributed by atoms with Gasteiger partial charge in [0.15, 0.2) is 0 Å². The summed E-state index contributed by atoms with van der Waals surface area (Å²) in [6.07, 6.45) is 6.27. The number of nitrogens with one attached hydrogen (secondary N) is 2. The summed E-state index contributed by atoms with van der Waals surface area (Å²) in [5, 5.41) is 6.71. The van der Waals surface area contributed by atoms with Crippen molar-refractivity contribution in [3.8, 4) is 17.3 Å². The molecule has 0 aliphatic heterocycles. The lowest BCUT2D eigenvalue weighted by Gasteiger charge is -2.16. The number of aromatic nitrogens is 6. The Kier molecular flexibility index (Phi) is 8.25. The van der Waals surface area contributed by atoms with Crippen LogP contribution in [0.1, 0.15) is 35.8 Å². The molecule has 0 saturated carbocycles. The van der Waals surface area contributed by atoms with Gasteiger partial charge in [-0.1, -0.05) is 25.1 Å². The molecule has 0 fully saturated rings. The van der Waals surface area contributed by atoms with E-state index in [2.05, 4.69) is 47.5 Å². The van der Waals surface area contributed by atoms with Crippen molar-refractivity contribution in [3.05, 3.63) is 60.6 Å². The number of ether oxygens (including phenoxy) is 1. The Morgan fingerprint density at radius 1 is 1.06 bits per heavy atom. The van der Waals surface area contributed by atoms with E-state index >= 15 is 0 Å². The van der Waals surface area contributed by atoms with E-state index in [1.54, 1.807) is 19.4 Å². The first-order valence-electron chi connectivity index (χ1n) is 10.6. The van der Waals surface area contributed by atoms with Crippen LogP contribution in [-0.4, -0.2) is 56.0 Å². The number of fused-ring (bicyclic) bond motifs is 1. The topological polar surface area (TPSA) is 128 Å². The van der Waals surface area contributed by atoms with Crippen LogP contribution < -0.4 is 15.4 Å². The van der Waals surface area contributed by atoms with Crippen LogP contribution in [0, 0.1) is 0 Å². The molecule has 0 aliphatic rings. The summed E-state index contributed by atoms with van der Waals surface area (Å²) < 4.78 is 5.29. The standard InChI is InChI=1S/C23H24N8O2.H2S/c1-4-33-23-26-10-15(11-27-23)18-8-19(29-12-28-18)25-9-14(2)16-6-5-7-17-20(16)30-13-31-21(17)22(32)24-3;/h5-8,10-14H,4,9H2,1-3H3,(H,24,32)(H,25,28,29);1H2/t14-;/m1./s1. The second-order valence-corrected chi connectivity index (χ2v) is 7.30. The van der Waals surface area contributed by atoms with Crippen LogP contribution in [0.5, 0.6) is 6.01 Å². The first kappa shape index (κ1) is 24.8. The Bertz CT molecular complexity index is 1270. The minimum absolute atomic E-state index is 0. The van der Waals surface area contributed by atoms with E-state index in [-0.39, 0.29) is 25.3 Å². The molecule has 0 spiro atoms. The van der Waals surface area contributed by atoms with Crippen LogP contribution in [0.4, 0.5) is 5.82 Å². The van der Waals surface area contributed by atoms with Crippen LogP contribution in [0.15, 0.2) is 49.3 Å². The number of anilines is 1. The van der Waals surface area contributed by atoms with Crippen LogP contribution in [-0.2, 0) is 0 Å². The van der Waals surface area contributed by atoms with Gasteiger partial charge in [-0.2, -0.15) is 13.5 Å². The highest BCUT2D eigenvalue weighted by Gasteiger charge is 2.16. The number of nitrogens with zero attached hydrogens (tertiary/aromatic N) is 6. The number of rotatable bonds is 8. The molecule has 3 heterocycles. The normalized spacial score (nSPS) is 11.4. The monoisotopic (exact) mass is 478 g/mol. The first-order chi connectivity index (χ1) is 16.1. The van der Waals surface area contributed by atoms with E-state index in [9.17, 15) is 4.79 Å². The molecule has 1 atom stereocenters. The number of carbonyl (C=O) groups is 1. The largest absolute Gasteiger partial charge is 0.464 e. The number of hydrogen-bond donors (Lipinski definition) is 2. The zero-order valence-electron chi connectivity index (χ0n) is 19.1. The third-order valence-corrected chi connectivity index (χ3v) is 5.12. The molecule has 3 aromatic heterocycles. The Hall–Kier alpha value is -3.86. The average molecular weight is 479 g/mol. The molecule has 1 amide bonds. The summed E-state index contributed by atoms with van der Waals surface area (Å²) in [4.78, 5) is 37.8. The van der Waals surface area contributed by atoms with Gasteiger partial charge in [0.25, 0.3) is 5.91 Å². The van der Waals surface area contributed by atoms with E-state index in [4.69, 9.17) is 4.74 Å². The minimum Gasteiger partial charge on any atom is -0.464 e. The Labute approximate surface area is 204 Å². The fraction of sp³-hybridized carbons (Fsp3) is 0.261. The number of hydrogen-bond acceptors (Lipinski definition) is 9.